The second-order valence-corrected chi connectivity index (χ2v) is 7.01. The summed E-state index contributed by atoms with van der Waals surface area (Å²) in [4.78, 5) is 24.5. The molecular formula is C19H22BrN5O3. The lowest BCUT2D eigenvalue weighted by molar-refractivity contribution is -0.139. The van der Waals surface area contributed by atoms with E-state index in [2.05, 4.69) is 37.8 Å². The molecule has 0 spiro atoms. The van der Waals surface area contributed by atoms with Crippen molar-refractivity contribution in [3.05, 3.63) is 40.1 Å². The zero-order chi connectivity index (χ0) is 20.1. The fourth-order valence-corrected chi connectivity index (χ4v) is 3.14. The third kappa shape index (κ3) is 4.59. The van der Waals surface area contributed by atoms with Gasteiger partial charge in [0.15, 0.2) is 21.7 Å². The largest absolute Gasteiger partial charge is 0.469 e. The first-order valence-electron chi connectivity index (χ1n) is 8.98. The summed E-state index contributed by atoms with van der Waals surface area (Å²) in [6, 6.07) is 7.98. The van der Waals surface area contributed by atoms with Gasteiger partial charge >= 0.3 is 12.0 Å². The van der Waals surface area contributed by atoms with Crippen LogP contribution in [0.5, 0.6) is 6.01 Å². The number of halogens is 1. The molecule has 2 heterocycles. The highest BCUT2D eigenvalue weighted by Crippen LogP contribution is 2.25. The molecule has 0 unspecified atom stereocenters. The quantitative estimate of drug-likeness (QED) is 0.321. The van der Waals surface area contributed by atoms with Crippen LogP contribution in [0.2, 0.25) is 0 Å². The Morgan fingerprint density at radius 2 is 1.89 bits per heavy atom. The van der Waals surface area contributed by atoms with Crippen molar-refractivity contribution >= 4 is 38.9 Å². The highest BCUT2D eigenvalue weighted by Gasteiger charge is 2.16. The molecule has 0 saturated carbocycles. The molecule has 1 aromatic carbocycles. The SMILES string of the molecule is CCCCOc1nc(N)c2nc(Br)n(Cc3ccc(CC(=O)OC)cc3)c2n1. The van der Waals surface area contributed by atoms with E-state index < -0.39 is 0 Å². The minimum absolute atomic E-state index is 0.247. The third-order valence-electron chi connectivity index (χ3n) is 4.22. The average Bonchev–Trinajstić information content (AvgIpc) is 3.00. The fourth-order valence-electron chi connectivity index (χ4n) is 2.67. The van der Waals surface area contributed by atoms with E-state index in [1.54, 1.807) is 0 Å². The molecule has 9 heteroatoms. The van der Waals surface area contributed by atoms with Crippen molar-refractivity contribution in [3.63, 3.8) is 0 Å². The molecule has 3 aromatic rings. The molecular weight excluding hydrogens is 426 g/mol. The van der Waals surface area contributed by atoms with Crippen LogP contribution in [0.25, 0.3) is 11.2 Å². The number of nitrogen functional groups attached to an aromatic ring is 1. The summed E-state index contributed by atoms with van der Waals surface area (Å²) in [5.74, 6) is 0.0169. The molecule has 0 radical (unpaired) electrons. The van der Waals surface area contributed by atoms with E-state index in [1.165, 1.54) is 7.11 Å². The Morgan fingerprint density at radius 3 is 2.57 bits per heavy atom. The molecule has 0 atom stereocenters. The molecule has 0 fully saturated rings. The molecule has 2 N–H and O–H groups in total. The molecule has 0 aliphatic rings. The van der Waals surface area contributed by atoms with E-state index >= 15 is 0 Å². The molecule has 148 valence electrons. The molecule has 0 saturated heterocycles. The summed E-state index contributed by atoms with van der Waals surface area (Å²) in [6.07, 6.45) is 2.19. The minimum atomic E-state index is -0.265. The lowest BCUT2D eigenvalue weighted by Crippen LogP contribution is -2.07. The Balaban J connectivity index is 1.85. The Kier molecular flexibility index (Phi) is 6.45. The number of hydrogen-bond donors (Lipinski definition) is 1. The predicted octanol–water partition coefficient (Wildman–Crippen LogP) is 3.11. The van der Waals surface area contributed by atoms with Gasteiger partial charge in [-0.3, -0.25) is 9.36 Å². The van der Waals surface area contributed by atoms with Crippen molar-refractivity contribution in [1.82, 2.24) is 19.5 Å². The number of methoxy groups -OCH3 is 1. The van der Waals surface area contributed by atoms with E-state index in [0.717, 1.165) is 24.0 Å². The first-order chi connectivity index (χ1) is 13.5. The predicted molar refractivity (Wildman–Crippen MR) is 109 cm³/mol. The maximum absolute atomic E-state index is 11.4. The Hall–Kier alpha value is -2.68. The number of fused-ring (bicyclic) bond motifs is 1. The number of esters is 1. The molecule has 28 heavy (non-hydrogen) atoms. The van der Waals surface area contributed by atoms with E-state index in [1.807, 2.05) is 28.8 Å². The smallest absolute Gasteiger partial charge is 0.320 e. The first-order valence-corrected chi connectivity index (χ1v) is 9.77. The van der Waals surface area contributed by atoms with E-state index in [9.17, 15) is 4.79 Å². The van der Waals surface area contributed by atoms with Gasteiger partial charge in [-0.2, -0.15) is 9.97 Å². The lowest BCUT2D eigenvalue weighted by atomic mass is 10.1. The Morgan fingerprint density at radius 1 is 1.18 bits per heavy atom. The Bertz CT molecular complexity index is 972. The second-order valence-electron chi connectivity index (χ2n) is 6.30. The van der Waals surface area contributed by atoms with Gasteiger partial charge in [-0.1, -0.05) is 37.6 Å². The number of rotatable bonds is 8. The molecule has 3 rings (SSSR count). The number of nitrogens with zero attached hydrogens (tertiary/aromatic N) is 4. The highest BCUT2D eigenvalue weighted by atomic mass is 79.9. The summed E-state index contributed by atoms with van der Waals surface area (Å²) < 4.78 is 12.8. The van der Waals surface area contributed by atoms with E-state index in [-0.39, 0.29) is 24.2 Å². The molecule has 2 aromatic heterocycles. The minimum Gasteiger partial charge on any atom is -0.469 e. The normalized spacial score (nSPS) is 11.0. The van der Waals surface area contributed by atoms with Crippen LogP contribution in [0.1, 0.15) is 30.9 Å². The molecule has 0 amide bonds. The number of ether oxygens (including phenoxy) is 2. The maximum Gasteiger partial charge on any atom is 0.320 e. The molecule has 0 bridgehead atoms. The zero-order valence-electron chi connectivity index (χ0n) is 15.8. The van der Waals surface area contributed by atoms with Gasteiger partial charge in [0.1, 0.15) is 0 Å². The number of unbranched alkanes of at least 4 members (excludes halogenated alkanes) is 1. The number of anilines is 1. The van der Waals surface area contributed by atoms with Gasteiger partial charge in [0, 0.05) is 0 Å². The Labute approximate surface area is 171 Å². The number of hydrogen-bond acceptors (Lipinski definition) is 7. The van der Waals surface area contributed by atoms with Crippen LogP contribution in [0.3, 0.4) is 0 Å². The van der Waals surface area contributed by atoms with Crippen LogP contribution in [0.15, 0.2) is 29.0 Å². The van der Waals surface area contributed by atoms with Crippen LogP contribution >= 0.6 is 15.9 Å². The van der Waals surface area contributed by atoms with Crippen LogP contribution in [-0.4, -0.2) is 39.2 Å². The first kappa shape index (κ1) is 20.1. The number of carbonyl (C=O) groups is 1. The van der Waals surface area contributed by atoms with Crippen LogP contribution in [-0.2, 0) is 22.5 Å². The van der Waals surface area contributed by atoms with Gasteiger partial charge in [0.05, 0.1) is 26.7 Å². The van der Waals surface area contributed by atoms with Gasteiger partial charge in [-0.15, -0.1) is 0 Å². The van der Waals surface area contributed by atoms with Crippen molar-refractivity contribution in [2.24, 2.45) is 0 Å². The van der Waals surface area contributed by atoms with E-state index in [0.29, 0.717) is 29.0 Å². The number of nitrogens with two attached hydrogens (primary N) is 1. The van der Waals surface area contributed by atoms with Gasteiger partial charge in [-0.05, 0) is 33.5 Å². The monoisotopic (exact) mass is 447 g/mol. The summed E-state index contributed by atoms with van der Waals surface area (Å²) in [5, 5.41) is 0. The molecule has 8 nitrogen and oxygen atoms in total. The van der Waals surface area contributed by atoms with Crippen LogP contribution in [0, 0.1) is 0 Å². The number of carbonyl (C=O) groups excluding carboxylic acids is 1. The van der Waals surface area contributed by atoms with Gasteiger partial charge < -0.3 is 15.2 Å². The summed E-state index contributed by atoms with van der Waals surface area (Å²) in [6.45, 7) is 3.16. The average molecular weight is 448 g/mol. The summed E-state index contributed by atoms with van der Waals surface area (Å²) in [7, 11) is 1.38. The lowest BCUT2D eigenvalue weighted by Gasteiger charge is -2.08. The molecule has 0 aliphatic heterocycles. The van der Waals surface area contributed by atoms with E-state index in [4.69, 9.17) is 15.2 Å². The number of benzene rings is 1. The van der Waals surface area contributed by atoms with Crippen molar-refractivity contribution in [2.45, 2.75) is 32.7 Å². The molecule has 0 aliphatic carbocycles. The third-order valence-corrected chi connectivity index (χ3v) is 4.83. The van der Waals surface area contributed by atoms with Gasteiger partial charge in [-0.25, -0.2) is 4.98 Å². The topological polar surface area (TPSA) is 105 Å². The maximum atomic E-state index is 11.4. The standard InChI is InChI=1S/C19H22BrN5O3/c1-3-4-9-28-19-23-16(21)15-17(24-19)25(18(20)22-15)11-13-7-5-12(6-8-13)10-14(26)27-2/h5-8H,3-4,9-11H2,1-2H3,(H2,21,23,24). The highest BCUT2D eigenvalue weighted by molar-refractivity contribution is 9.10. The fraction of sp³-hybridized carbons (Fsp3) is 0.368. The summed E-state index contributed by atoms with van der Waals surface area (Å²) >= 11 is 3.47. The van der Waals surface area contributed by atoms with Crippen LogP contribution in [0.4, 0.5) is 5.82 Å². The van der Waals surface area contributed by atoms with Crippen molar-refractivity contribution in [2.75, 3.05) is 19.5 Å². The number of aromatic nitrogens is 4. The van der Waals surface area contributed by atoms with Crippen molar-refractivity contribution in [3.8, 4) is 6.01 Å². The number of imidazole rings is 1. The zero-order valence-corrected chi connectivity index (χ0v) is 17.4. The van der Waals surface area contributed by atoms with Gasteiger partial charge in [0.2, 0.25) is 0 Å². The van der Waals surface area contributed by atoms with Crippen molar-refractivity contribution < 1.29 is 14.3 Å². The van der Waals surface area contributed by atoms with Gasteiger partial charge in [0.25, 0.3) is 0 Å². The van der Waals surface area contributed by atoms with Crippen molar-refractivity contribution in [1.29, 1.82) is 0 Å². The second kappa shape index (κ2) is 9.01. The van der Waals surface area contributed by atoms with Crippen LogP contribution < -0.4 is 10.5 Å². The summed E-state index contributed by atoms with van der Waals surface area (Å²) in [5.41, 5.74) is 9.09.